The van der Waals surface area contributed by atoms with Crippen molar-refractivity contribution in [1.29, 1.82) is 0 Å². The minimum Gasteiger partial charge on any atom is -0.359 e. The van der Waals surface area contributed by atoms with Gasteiger partial charge in [0.1, 0.15) is 6.17 Å². The maximum atomic E-state index is 10.7. The fourth-order valence-corrected chi connectivity index (χ4v) is 2.22. The molecule has 0 spiro atoms. The van der Waals surface area contributed by atoms with E-state index in [4.69, 9.17) is 0 Å². The van der Waals surface area contributed by atoms with E-state index in [0.717, 1.165) is 16.8 Å². The molecule has 2 aromatic rings. The van der Waals surface area contributed by atoms with Gasteiger partial charge in [-0.3, -0.25) is 20.8 Å². The summed E-state index contributed by atoms with van der Waals surface area (Å²) in [5.74, 6) is 0.354. The number of nitro groups is 1. The first-order valence-electron chi connectivity index (χ1n) is 6.27. The van der Waals surface area contributed by atoms with Crippen molar-refractivity contribution in [2.24, 2.45) is 4.99 Å². The Bertz CT molecular complexity index is 712. The molecule has 0 amide bonds. The van der Waals surface area contributed by atoms with Gasteiger partial charge in [-0.05, 0) is 29.8 Å². The van der Waals surface area contributed by atoms with Gasteiger partial charge in [-0.2, -0.15) is 0 Å². The second kappa shape index (κ2) is 5.22. The molecule has 7 nitrogen and oxygen atoms in total. The van der Waals surface area contributed by atoms with Gasteiger partial charge in [0.05, 0.1) is 4.92 Å². The van der Waals surface area contributed by atoms with Gasteiger partial charge in [-0.15, -0.1) is 0 Å². The number of hydrogen-bond acceptors (Lipinski definition) is 6. The van der Waals surface area contributed by atoms with Gasteiger partial charge in [0.25, 0.3) is 5.69 Å². The van der Waals surface area contributed by atoms with Crippen LogP contribution in [0.4, 0.5) is 11.4 Å². The van der Waals surface area contributed by atoms with Crippen LogP contribution in [0.5, 0.6) is 0 Å². The predicted molar refractivity (Wildman–Crippen MR) is 77.4 cm³/mol. The topological polar surface area (TPSA) is 99.8 Å². The number of nitrogens with zero attached hydrogens (tertiary/aromatic N) is 2. The molecule has 0 saturated heterocycles. The summed E-state index contributed by atoms with van der Waals surface area (Å²) in [5, 5.41) is 23.1. The van der Waals surface area contributed by atoms with E-state index in [0.29, 0.717) is 5.84 Å². The molecule has 0 fully saturated rings. The molecule has 0 aliphatic carbocycles. The number of fused-ring (bicyclic) bond motifs is 1. The minimum absolute atomic E-state index is 0.0273. The smallest absolute Gasteiger partial charge is 0.269 e. The molecule has 1 atom stereocenters. The van der Waals surface area contributed by atoms with Crippen LogP contribution in [0, 0.1) is 10.1 Å². The van der Waals surface area contributed by atoms with E-state index in [2.05, 4.69) is 15.8 Å². The number of amidine groups is 1. The van der Waals surface area contributed by atoms with Gasteiger partial charge in [0.15, 0.2) is 5.84 Å². The zero-order valence-electron chi connectivity index (χ0n) is 10.9. The highest BCUT2D eigenvalue weighted by Crippen LogP contribution is 2.29. The SMILES string of the molecule is O=[N+]([O-])c1ccc(C2N=C(NO)c3ccccc3N2)cc1. The van der Waals surface area contributed by atoms with Crippen LogP contribution in [-0.2, 0) is 0 Å². The fourth-order valence-electron chi connectivity index (χ4n) is 2.22. The molecule has 7 heteroatoms. The van der Waals surface area contributed by atoms with Crippen LogP contribution in [0.25, 0.3) is 0 Å². The molecular formula is C14H12N4O3. The lowest BCUT2D eigenvalue weighted by Gasteiger charge is -2.25. The summed E-state index contributed by atoms with van der Waals surface area (Å²) in [6.07, 6.45) is -0.421. The van der Waals surface area contributed by atoms with E-state index in [-0.39, 0.29) is 5.69 Å². The van der Waals surface area contributed by atoms with E-state index in [1.54, 1.807) is 12.1 Å². The first-order chi connectivity index (χ1) is 10.2. The van der Waals surface area contributed by atoms with E-state index in [1.165, 1.54) is 12.1 Å². The second-order valence-electron chi connectivity index (χ2n) is 4.53. The maximum absolute atomic E-state index is 10.7. The molecule has 106 valence electrons. The summed E-state index contributed by atoms with van der Waals surface area (Å²) in [7, 11) is 0. The van der Waals surface area contributed by atoms with Gasteiger partial charge in [-0.1, -0.05) is 12.1 Å². The van der Waals surface area contributed by atoms with Crippen LogP contribution in [0.3, 0.4) is 0 Å². The minimum atomic E-state index is -0.447. The Balaban J connectivity index is 1.96. The molecule has 0 aromatic heterocycles. The van der Waals surface area contributed by atoms with E-state index < -0.39 is 11.1 Å². The van der Waals surface area contributed by atoms with Crippen molar-refractivity contribution in [2.45, 2.75) is 6.17 Å². The number of hydroxylamine groups is 1. The fraction of sp³-hybridized carbons (Fsp3) is 0.0714. The highest BCUT2D eigenvalue weighted by Gasteiger charge is 2.21. The number of para-hydroxylation sites is 1. The second-order valence-corrected chi connectivity index (χ2v) is 4.53. The highest BCUT2D eigenvalue weighted by molar-refractivity contribution is 6.04. The number of aliphatic imine (C=N–C) groups is 1. The molecule has 0 bridgehead atoms. The van der Waals surface area contributed by atoms with Crippen molar-refractivity contribution in [1.82, 2.24) is 5.48 Å². The molecule has 0 radical (unpaired) electrons. The van der Waals surface area contributed by atoms with E-state index in [1.807, 2.05) is 24.3 Å². The largest absolute Gasteiger partial charge is 0.359 e. The third-order valence-corrected chi connectivity index (χ3v) is 3.26. The molecule has 0 saturated carbocycles. The third kappa shape index (κ3) is 2.41. The Kier molecular flexibility index (Phi) is 3.25. The van der Waals surface area contributed by atoms with Crippen LogP contribution in [0.2, 0.25) is 0 Å². The van der Waals surface area contributed by atoms with Crippen LogP contribution < -0.4 is 10.8 Å². The zero-order valence-corrected chi connectivity index (χ0v) is 10.9. The van der Waals surface area contributed by atoms with Crippen LogP contribution in [0.15, 0.2) is 53.5 Å². The van der Waals surface area contributed by atoms with Crippen LogP contribution >= 0.6 is 0 Å². The molecule has 1 heterocycles. The number of benzene rings is 2. The average Bonchev–Trinajstić information content (AvgIpc) is 2.53. The van der Waals surface area contributed by atoms with E-state index >= 15 is 0 Å². The van der Waals surface area contributed by atoms with Crippen molar-refractivity contribution in [3.63, 3.8) is 0 Å². The first-order valence-corrected chi connectivity index (χ1v) is 6.27. The normalized spacial score (nSPS) is 16.4. The average molecular weight is 284 g/mol. The summed E-state index contributed by atoms with van der Waals surface area (Å²) in [5.41, 5.74) is 4.47. The molecule has 3 N–H and O–H groups in total. The Morgan fingerprint density at radius 3 is 2.57 bits per heavy atom. The molecular weight excluding hydrogens is 272 g/mol. The number of non-ortho nitro benzene ring substituents is 1. The van der Waals surface area contributed by atoms with Crippen molar-refractivity contribution >= 4 is 17.2 Å². The summed E-state index contributed by atoms with van der Waals surface area (Å²) in [4.78, 5) is 14.6. The van der Waals surface area contributed by atoms with Gasteiger partial charge in [0, 0.05) is 23.4 Å². The lowest BCUT2D eigenvalue weighted by Crippen LogP contribution is -2.28. The van der Waals surface area contributed by atoms with Gasteiger partial charge in [0.2, 0.25) is 0 Å². The standard InChI is InChI=1S/C14H12N4O3/c19-17-14-11-3-1-2-4-12(11)15-13(16-14)9-5-7-10(8-6-9)18(20)21/h1-8,13,15,19H,(H,16,17). The number of anilines is 1. The van der Waals surface area contributed by atoms with Crippen molar-refractivity contribution < 1.29 is 10.1 Å². The quantitative estimate of drug-likeness (QED) is 0.581. The monoisotopic (exact) mass is 284 g/mol. The zero-order chi connectivity index (χ0) is 14.8. The van der Waals surface area contributed by atoms with Gasteiger partial charge >= 0.3 is 0 Å². The molecule has 3 rings (SSSR count). The Morgan fingerprint density at radius 2 is 1.90 bits per heavy atom. The molecule has 1 unspecified atom stereocenters. The lowest BCUT2D eigenvalue weighted by molar-refractivity contribution is -0.384. The van der Waals surface area contributed by atoms with Crippen LogP contribution in [0.1, 0.15) is 17.3 Å². The van der Waals surface area contributed by atoms with Crippen molar-refractivity contribution in [3.8, 4) is 0 Å². The van der Waals surface area contributed by atoms with Crippen molar-refractivity contribution in [2.75, 3.05) is 5.32 Å². The summed E-state index contributed by atoms with van der Waals surface area (Å²) >= 11 is 0. The lowest BCUT2D eigenvalue weighted by atomic mass is 10.1. The summed E-state index contributed by atoms with van der Waals surface area (Å²) < 4.78 is 0. The number of nitrogens with one attached hydrogen (secondary N) is 2. The van der Waals surface area contributed by atoms with Crippen LogP contribution in [-0.4, -0.2) is 16.0 Å². The number of hydrogen-bond donors (Lipinski definition) is 3. The first kappa shape index (κ1) is 13.1. The van der Waals surface area contributed by atoms with E-state index in [9.17, 15) is 15.3 Å². The number of nitro benzene ring substituents is 1. The Hall–Kier alpha value is -2.93. The highest BCUT2D eigenvalue weighted by atomic mass is 16.6. The summed E-state index contributed by atoms with van der Waals surface area (Å²) in [6, 6.07) is 13.6. The van der Waals surface area contributed by atoms with Gasteiger partial charge in [-0.25, -0.2) is 4.99 Å². The predicted octanol–water partition coefficient (Wildman–Crippen LogP) is 2.44. The Morgan fingerprint density at radius 1 is 1.19 bits per heavy atom. The molecule has 2 aromatic carbocycles. The van der Waals surface area contributed by atoms with Gasteiger partial charge < -0.3 is 5.32 Å². The molecule has 21 heavy (non-hydrogen) atoms. The Labute approximate surface area is 120 Å². The maximum Gasteiger partial charge on any atom is 0.269 e. The third-order valence-electron chi connectivity index (χ3n) is 3.26. The summed E-state index contributed by atoms with van der Waals surface area (Å²) in [6.45, 7) is 0. The molecule has 1 aliphatic heterocycles. The number of rotatable bonds is 2. The van der Waals surface area contributed by atoms with Crippen molar-refractivity contribution in [3.05, 3.63) is 69.8 Å². The molecule has 1 aliphatic rings.